The molecule has 0 aliphatic heterocycles. The summed E-state index contributed by atoms with van der Waals surface area (Å²) in [6.45, 7) is 8.86. The number of fused-ring (bicyclic) bond motifs is 2. The topological polar surface area (TPSA) is 68.8 Å². The summed E-state index contributed by atoms with van der Waals surface area (Å²) in [4.78, 5) is 8.90. The molecule has 3 aromatic heterocycles. The quantitative estimate of drug-likeness (QED) is 0.346. The molecule has 0 amide bonds. The predicted molar refractivity (Wildman–Crippen MR) is 144 cm³/mol. The van der Waals surface area contributed by atoms with Crippen molar-refractivity contribution >= 4 is 23.1 Å². The van der Waals surface area contributed by atoms with Gasteiger partial charge in [0.25, 0.3) is 0 Å². The maximum Gasteiger partial charge on any atom is 0.0841 e. The molecule has 3 aromatic rings. The molecule has 1 aliphatic rings. The second kappa shape index (κ2) is 13.5. The number of nitrogens with one attached hydrogen (secondary N) is 1. The molecule has 5 heteroatoms. The summed E-state index contributed by atoms with van der Waals surface area (Å²) in [6, 6.07) is 6.26. The summed E-state index contributed by atoms with van der Waals surface area (Å²) >= 11 is 0. The van der Waals surface area contributed by atoms with Crippen LogP contribution in [0.25, 0.3) is 23.1 Å². The highest BCUT2D eigenvalue weighted by Crippen LogP contribution is 2.30. The number of allylic oxidation sites excluding steroid dienone is 1. The van der Waals surface area contributed by atoms with Crippen LogP contribution in [-0.4, -0.2) is 27.6 Å². The molecule has 1 aliphatic carbocycles. The van der Waals surface area contributed by atoms with Crippen molar-refractivity contribution in [3.8, 4) is 12.3 Å². The molecule has 34 heavy (non-hydrogen) atoms. The van der Waals surface area contributed by atoms with E-state index >= 15 is 0 Å². The minimum atomic E-state index is 0.510. The van der Waals surface area contributed by atoms with Crippen molar-refractivity contribution in [2.75, 3.05) is 13.1 Å². The van der Waals surface area contributed by atoms with Gasteiger partial charge in [-0.05, 0) is 82.3 Å². The predicted octanol–water partition coefficient (Wildman–Crippen LogP) is 5.13. The van der Waals surface area contributed by atoms with Crippen LogP contribution in [-0.2, 0) is 25.9 Å². The highest BCUT2D eigenvalue weighted by Gasteiger charge is 2.16. The molecular formula is C29H37N5. The Hall–Kier alpha value is -3.20. The molecule has 0 fully saturated rings. The maximum atomic E-state index is 5.60. The Morgan fingerprint density at radius 2 is 2.06 bits per heavy atom. The molecule has 0 atom stereocenters. The first kappa shape index (κ1) is 25.4. The average molecular weight is 456 g/mol. The summed E-state index contributed by atoms with van der Waals surface area (Å²) in [5.41, 5.74) is 12.6. The van der Waals surface area contributed by atoms with Crippen LogP contribution in [0, 0.1) is 12.3 Å². The molecule has 0 saturated heterocycles. The molecule has 3 heterocycles. The second-order valence-corrected chi connectivity index (χ2v) is 8.44. The molecule has 0 spiro atoms. The largest absolute Gasteiger partial charge is 0.330 e. The van der Waals surface area contributed by atoms with E-state index in [1.54, 1.807) is 0 Å². The zero-order chi connectivity index (χ0) is 24.2. The molecule has 5 nitrogen and oxygen atoms in total. The van der Waals surface area contributed by atoms with Crippen molar-refractivity contribution in [1.29, 1.82) is 0 Å². The van der Waals surface area contributed by atoms with Crippen LogP contribution in [0.3, 0.4) is 0 Å². The van der Waals surface area contributed by atoms with E-state index in [1.807, 2.05) is 43.6 Å². The van der Waals surface area contributed by atoms with Crippen molar-refractivity contribution in [3.63, 3.8) is 0 Å². The first-order chi connectivity index (χ1) is 16.7. The lowest BCUT2D eigenvalue weighted by molar-refractivity contribution is 0.621. The number of terminal acetylenes is 1. The Balaban J connectivity index is 0.000000266. The van der Waals surface area contributed by atoms with Crippen molar-refractivity contribution in [1.82, 2.24) is 19.9 Å². The number of rotatable bonds is 9. The van der Waals surface area contributed by atoms with Gasteiger partial charge in [-0.3, -0.25) is 9.97 Å². The zero-order valence-electron chi connectivity index (χ0n) is 20.4. The van der Waals surface area contributed by atoms with Crippen LogP contribution in [0.2, 0.25) is 0 Å². The van der Waals surface area contributed by atoms with Gasteiger partial charge in [-0.25, -0.2) is 0 Å². The number of aromatic nitrogens is 3. The first-order valence-electron chi connectivity index (χ1n) is 12.3. The summed E-state index contributed by atoms with van der Waals surface area (Å²) in [6.07, 6.45) is 22.5. The lowest BCUT2D eigenvalue weighted by Gasteiger charge is -2.12. The van der Waals surface area contributed by atoms with Gasteiger partial charge in [-0.15, -0.1) is 6.42 Å². The Bertz CT molecular complexity index is 1120. The van der Waals surface area contributed by atoms with Gasteiger partial charge >= 0.3 is 0 Å². The average Bonchev–Trinajstić information content (AvgIpc) is 3.18. The minimum Gasteiger partial charge on any atom is -0.330 e. The summed E-state index contributed by atoms with van der Waals surface area (Å²) < 4.78 is 2.15. The third kappa shape index (κ3) is 6.22. The molecule has 0 bridgehead atoms. The normalized spacial score (nSPS) is 12.7. The number of pyridine rings is 2. The van der Waals surface area contributed by atoms with E-state index in [9.17, 15) is 0 Å². The van der Waals surface area contributed by atoms with Crippen molar-refractivity contribution in [2.24, 2.45) is 5.73 Å². The van der Waals surface area contributed by atoms with Gasteiger partial charge in [0.05, 0.1) is 17.8 Å². The van der Waals surface area contributed by atoms with Crippen LogP contribution in [0.4, 0.5) is 0 Å². The smallest absolute Gasteiger partial charge is 0.0841 e. The third-order valence-electron chi connectivity index (χ3n) is 6.10. The Labute approximate surface area is 204 Å². The van der Waals surface area contributed by atoms with E-state index in [1.165, 1.54) is 36.9 Å². The van der Waals surface area contributed by atoms with Crippen LogP contribution in [0.1, 0.15) is 60.8 Å². The summed E-state index contributed by atoms with van der Waals surface area (Å²) in [5, 5.41) is 4.59. The van der Waals surface area contributed by atoms with Crippen LogP contribution in [0.5, 0.6) is 0 Å². The lowest BCUT2D eigenvalue weighted by Crippen LogP contribution is -2.17. The van der Waals surface area contributed by atoms with Crippen LogP contribution >= 0.6 is 0 Å². The van der Waals surface area contributed by atoms with E-state index < -0.39 is 0 Å². The minimum absolute atomic E-state index is 0.510. The fourth-order valence-electron chi connectivity index (χ4n) is 4.49. The Kier molecular flexibility index (Phi) is 10.1. The summed E-state index contributed by atoms with van der Waals surface area (Å²) in [7, 11) is 0. The summed E-state index contributed by atoms with van der Waals surface area (Å²) in [5.74, 6) is 2.76. The Morgan fingerprint density at radius 3 is 2.79 bits per heavy atom. The van der Waals surface area contributed by atoms with Gasteiger partial charge in [-0.1, -0.05) is 30.7 Å². The maximum absolute atomic E-state index is 5.60. The molecule has 0 aromatic carbocycles. The van der Waals surface area contributed by atoms with E-state index in [4.69, 9.17) is 12.2 Å². The molecule has 4 rings (SSSR count). The van der Waals surface area contributed by atoms with Gasteiger partial charge in [0, 0.05) is 41.3 Å². The monoisotopic (exact) mass is 455 g/mol. The Morgan fingerprint density at radius 1 is 1.21 bits per heavy atom. The van der Waals surface area contributed by atoms with Gasteiger partial charge < -0.3 is 15.6 Å². The molecule has 3 N–H and O–H groups in total. The highest BCUT2D eigenvalue weighted by atomic mass is 15.0. The van der Waals surface area contributed by atoms with Gasteiger partial charge in [0.15, 0.2) is 0 Å². The number of unbranched alkanes of at least 4 members (excludes halogenated alkanes) is 1. The van der Waals surface area contributed by atoms with Crippen molar-refractivity contribution in [3.05, 3.63) is 71.5 Å². The lowest BCUT2D eigenvalue weighted by atomic mass is 9.96. The highest BCUT2D eigenvalue weighted by molar-refractivity contribution is 5.95. The SMILES string of the molecule is C#CCn1c(/C=C\C)c(C=C)c2ccnc(CNCCCCN)c21.c1cnc2c(c1)CCCC2. The van der Waals surface area contributed by atoms with E-state index in [-0.39, 0.29) is 0 Å². The number of hydrogen-bond acceptors (Lipinski definition) is 4. The van der Waals surface area contributed by atoms with Gasteiger partial charge in [-0.2, -0.15) is 0 Å². The van der Waals surface area contributed by atoms with Gasteiger partial charge in [0.2, 0.25) is 0 Å². The van der Waals surface area contributed by atoms with Gasteiger partial charge in [0.1, 0.15) is 0 Å². The van der Waals surface area contributed by atoms with Crippen LogP contribution < -0.4 is 11.1 Å². The van der Waals surface area contributed by atoms with E-state index in [0.29, 0.717) is 13.1 Å². The first-order valence-corrected chi connectivity index (χ1v) is 12.3. The standard InChI is InChI=1S/C20H26N4.C9H11N/c1-4-9-19-16(6-3)17-10-13-23-18(15-22-12-8-7-11-21)20(17)24(19)14-5-2;1-2-6-9-8(4-1)5-3-7-10-9/h2,4,6,9-10,13,22H,3,7-8,11-12,14-15,21H2,1H3;3,5,7H,1-2,4,6H2/b9-4-;. The second-order valence-electron chi connectivity index (χ2n) is 8.44. The fourth-order valence-corrected chi connectivity index (χ4v) is 4.49. The van der Waals surface area contributed by atoms with Crippen molar-refractivity contribution < 1.29 is 0 Å². The van der Waals surface area contributed by atoms with E-state index in [2.05, 4.69) is 44.5 Å². The number of aryl methyl sites for hydroxylation is 2. The molecule has 0 saturated carbocycles. The van der Waals surface area contributed by atoms with Crippen molar-refractivity contribution in [2.45, 2.75) is 58.5 Å². The van der Waals surface area contributed by atoms with E-state index in [0.717, 1.165) is 53.8 Å². The molecule has 178 valence electrons. The number of hydrogen-bond donors (Lipinski definition) is 2. The molecular weight excluding hydrogens is 418 g/mol. The molecule has 0 unspecified atom stereocenters. The molecule has 0 radical (unpaired) electrons. The van der Waals surface area contributed by atoms with Crippen LogP contribution in [0.15, 0.2) is 43.2 Å². The number of nitrogens with two attached hydrogens (primary N) is 1. The third-order valence-corrected chi connectivity index (χ3v) is 6.10. The zero-order valence-corrected chi connectivity index (χ0v) is 20.4. The number of nitrogens with zero attached hydrogens (tertiary/aromatic N) is 3. The fraction of sp³-hybridized carbons (Fsp3) is 0.379.